The normalized spacial score (nSPS) is 24.4. The van der Waals surface area contributed by atoms with Crippen LogP contribution in [-0.4, -0.2) is 65.4 Å². The van der Waals surface area contributed by atoms with Gasteiger partial charge in [0.25, 0.3) is 5.91 Å². The van der Waals surface area contributed by atoms with E-state index in [0.29, 0.717) is 30.7 Å². The number of sulfonamides is 1. The summed E-state index contributed by atoms with van der Waals surface area (Å²) in [6.07, 6.45) is 6.28. The van der Waals surface area contributed by atoms with Gasteiger partial charge in [-0.3, -0.25) is 14.8 Å². The molecule has 2 atom stereocenters. The number of nitrogens with zero attached hydrogens (tertiary/aromatic N) is 4. The number of rotatable bonds is 2. The number of hydrogen-bond acceptors (Lipinski definition) is 5. The van der Waals surface area contributed by atoms with Gasteiger partial charge in [0.15, 0.2) is 0 Å². The van der Waals surface area contributed by atoms with Crippen molar-refractivity contribution in [2.75, 3.05) is 25.9 Å². The molecule has 132 valence electrons. The summed E-state index contributed by atoms with van der Waals surface area (Å²) in [5.41, 5.74) is 2.01. The first kappa shape index (κ1) is 16.4. The van der Waals surface area contributed by atoms with Gasteiger partial charge in [0, 0.05) is 43.6 Å². The van der Waals surface area contributed by atoms with Crippen LogP contribution in [0.1, 0.15) is 23.2 Å². The molecule has 3 aliphatic rings. The van der Waals surface area contributed by atoms with E-state index in [2.05, 4.69) is 9.97 Å². The van der Waals surface area contributed by atoms with Crippen LogP contribution in [0.25, 0.3) is 11.0 Å². The van der Waals surface area contributed by atoms with E-state index in [0.717, 1.165) is 18.4 Å². The van der Waals surface area contributed by atoms with Crippen molar-refractivity contribution < 1.29 is 13.2 Å². The quantitative estimate of drug-likeness (QED) is 0.802. The summed E-state index contributed by atoms with van der Waals surface area (Å²) in [6.45, 7) is 1.49. The smallest absolute Gasteiger partial charge is 0.254 e. The highest BCUT2D eigenvalue weighted by atomic mass is 32.2. The molecule has 2 aromatic rings. The molecule has 0 unspecified atom stereocenters. The molecule has 1 aromatic heterocycles. The fourth-order valence-corrected chi connectivity index (χ4v) is 4.75. The van der Waals surface area contributed by atoms with E-state index in [1.54, 1.807) is 30.6 Å². The van der Waals surface area contributed by atoms with Crippen LogP contribution in [0.4, 0.5) is 0 Å². The summed E-state index contributed by atoms with van der Waals surface area (Å²) in [7, 11) is -3.24. The van der Waals surface area contributed by atoms with Crippen molar-refractivity contribution in [3.8, 4) is 0 Å². The van der Waals surface area contributed by atoms with Gasteiger partial charge >= 0.3 is 0 Å². The third kappa shape index (κ3) is 3.11. The molecule has 7 nitrogen and oxygen atoms in total. The Hall–Kier alpha value is -2.06. The Morgan fingerprint density at radius 2 is 1.84 bits per heavy atom. The van der Waals surface area contributed by atoms with Gasteiger partial charge in [-0.15, -0.1) is 0 Å². The molecular weight excluding hydrogens is 340 g/mol. The fourth-order valence-electron chi connectivity index (χ4n) is 3.82. The molecule has 0 saturated carbocycles. The van der Waals surface area contributed by atoms with Crippen molar-refractivity contribution in [1.29, 1.82) is 0 Å². The summed E-state index contributed by atoms with van der Waals surface area (Å²) < 4.78 is 25.4. The van der Waals surface area contributed by atoms with E-state index < -0.39 is 10.0 Å². The molecule has 0 N–H and O–H groups in total. The van der Waals surface area contributed by atoms with E-state index in [4.69, 9.17) is 0 Å². The van der Waals surface area contributed by atoms with Crippen LogP contribution >= 0.6 is 0 Å². The first-order valence-corrected chi connectivity index (χ1v) is 10.2. The van der Waals surface area contributed by atoms with E-state index in [1.165, 1.54) is 10.6 Å². The molecule has 1 aromatic carbocycles. The maximum absolute atomic E-state index is 13.1. The Balaban J connectivity index is 1.63. The summed E-state index contributed by atoms with van der Waals surface area (Å²) in [5, 5.41) is 0. The molecule has 25 heavy (non-hydrogen) atoms. The molecule has 4 heterocycles. The third-order valence-electron chi connectivity index (χ3n) is 5.13. The molecule has 8 heteroatoms. The van der Waals surface area contributed by atoms with Gasteiger partial charge in [0.05, 0.1) is 17.3 Å². The summed E-state index contributed by atoms with van der Waals surface area (Å²) >= 11 is 0. The molecular formula is C17H20N4O3S. The van der Waals surface area contributed by atoms with Gasteiger partial charge in [-0.25, -0.2) is 8.42 Å². The highest BCUT2D eigenvalue weighted by Crippen LogP contribution is 2.30. The van der Waals surface area contributed by atoms with Crippen LogP contribution in [0, 0.1) is 5.92 Å². The Morgan fingerprint density at radius 1 is 1.08 bits per heavy atom. The van der Waals surface area contributed by atoms with Crippen molar-refractivity contribution in [3.05, 3.63) is 36.2 Å². The SMILES string of the molecule is CS(=O)(=O)N1C[C@H]2CC[C@@H](C1)N(C(=O)c1ccc3nccnc3c1)C2. The van der Waals surface area contributed by atoms with E-state index in [-0.39, 0.29) is 17.9 Å². The number of aromatic nitrogens is 2. The van der Waals surface area contributed by atoms with Crippen LogP contribution in [0.3, 0.4) is 0 Å². The molecule has 0 spiro atoms. The van der Waals surface area contributed by atoms with Gasteiger partial charge in [0.2, 0.25) is 10.0 Å². The van der Waals surface area contributed by atoms with Crippen LogP contribution in [-0.2, 0) is 10.0 Å². The van der Waals surface area contributed by atoms with Gasteiger partial charge < -0.3 is 4.90 Å². The fraction of sp³-hybridized carbons (Fsp3) is 0.471. The molecule has 0 aliphatic carbocycles. The Bertz CT molecular complexity index is 930. The zero-order valence-corrected chi connectivity index (χ0v) is 14.8. The molecule has 3 fully saturated rings. The molecule has 1 amide bonds. The van der Waals surface area contributed by atoms with Gasteiger partial charge in [-0.05, 0) is 37.0 Å². The highest BCUT2D eigenvalue weighted by Gasteiger charge is 2.39. The van der Waals surface area contributed by atoms with Gasteiger partial charge in [-0.1, -0.05) is 0 Å². The minimum atomic E-state index is -3.24. The van der Waals surface area contributed by atoms with Crippen LogP contribution in [0.15, 0.2) is 30.6 Å². The number of hydrogen-bond donors (Lipinski definition) is 0. The first-order chi connectivity index (χ1) is 11.9. The maximum Gasteiger partial charge on any atom is 0.254 e. The lowest BCUT2D eigenvalue weighted by atomic mass is 9.94. The van der Waals surface area contributed by atoms with Crippen LogP contribution in [0.5, 0.6) is 0 Å². The van der Waals surface area contributed by atoms with Crippen LogP contribution < -0.4 is 0 Å². The van der Waals surface area contributed by atoms with E-state index >= 15 is 0 Å². The van der Waals surface area contributed by atoms with E-state index in [9.17, 15) is 13.2 Å². The molecule has 3 saturated heterocycles. The standard InChI is InChI=1S/C17H20N4O3S/c1-25(23,24)20-9-12-2-4-14(11-20)21(10-12)17(22)13-3-5-15-16(8-13)19-7-6-18-15/h3,5-8,12,14H,2,4,9-11H2,1H3/t12-,14+/m1/s1. The molecule has 5 rings (SSSR count). The van der Waals surface area contributed by atoms with Gasteiger partial charge in [0.1, 0.15) is 0 Å². The van der Waals surface area contributed by atoms with E-state index in [1.807, 2.05) is 4.90 Å². The van der Waals surface area contributed by atoms with Crippen molar-refractivity contribution in [2.45, 2.75) is 18.9 Å². The monoisotopic (exact) mass is 360 g/mol. The predicted molar refractivity (Wildman–Crippen MR) is 93.5 cm³/mol. The lowest BCUT2D eigenvalue weighted by molar-refractivity contribution is 0.0589. The lowest BCUT2D eigenvalue weighted by Crippen LogP contribution is -2.47. The highest BCUT2D eigenvalue weighted by molar-refractivity contribution is 7.88. The summed E-state index contributed by atoms with van der Waals surface area (Å²) in [5.74, 6) is 0.135. The van der Waals surface area contributed by atoms with Gasteiger partial charge in [-0.2, -0.15) is 4.31 Å². The Morgan fingerprint density at radius 3 is 2.60 bits per heavy atom. The Kier molecular flexibility index (Phi) is 3.96. The van der Waals surface area contributed by atoms with Crippen LogP contribution in [0.2, 0.25) is 0 Å². The predicted octanol–water partition coefficient (Wildman–Crippen LogP) is 1.13. The number of fused-ring (bicyclic) bond motifs is 5. The molecule has 3 aliphatic heterocycles. The van der Waals surface area contributed by atoms with Crippen molar-refractivity contribution in [2.24, 2.45) is 5.92 Å². The number of amides is 1. The second kappa shape index (κ2) is 6.03. The van der Waals surface area contributed by atoms with Crippen molar-refractivity contribution in [3.63, 3.8) is 0 Å². The Labute approximate surface area is 146 Å². The maximum atomic E-state index is 13.1. The molecule has 0 radical (unpaired) electrons. The second-order valence-electron chi connectivity index (χ2n) is 6.89. The minimum Gasteiger partial charge on any atom is -0.334 e. The topological polar surface area (TPSA) is 83.5 Å². The largest absolute Gasteiger partial charge is 0.334 e. The number of carbonyl (C=O) groups is 1. The first-order valence-electron chi connectivity index (χ1n) is 8.38. The minimum absolute atomic E-state index is 0.0578. The average Bonchev–Trinajstić information content (AvgIpc) is 2.93. The zero-order valence-electron chi connectivity index (χ0n) is 14.0. The summed E-state index contributed by atoms with van der Waals surface area (Å²) in [4.78, 5) is 23.4. The summed E-state index contributed by atoms with van der Waals surface area (Å²) in [6, 6.07) is 5.26. The second-order valence-corrected chi connectivity index (χ2v) is 8.88. The van der Waals surface area contributed by atoms with Crippen molar-refractivity contribution >= 4 is 27.0 Å². The lowest BCUT2D eigenvalue weighted by Gasteiger charge is -2.36. The number of carbonyl (C=O) groups excluding carboxylic acids is 1. The van der Waals surface area contributed by atoms with Crippen molar-refractivity contribution in [1.82, 2.24) is 19.2 Å². The number of piperidine rings is 1. The molecule has 2 bridgehead atoms. The third-order valence-corrected chi connectivity index (χ3v) is 6.36. The zero-order chi connectivity index (χ0) is 17.6. The average molecular weight is 360 g/mol. The number of benzene rings is 1.